The maximum atomic E-state index is 13.1. The van der Waals surface area contributed by atoms with Gasteiger partial charge in [-0.05, 0) is 34.9 Å². The van der Waals surface area contributed by atoms with Crippen molar-refractivity contribution in [1.29, 1.82) is 0 Å². The minimum Gasteiger partial charge on any atom is -0.205 e. The molecule has 2 rings (SSSR count). The molecule has 0 aliphatic carbocycles. The first-order valence-corrected chi connectivity index (χ1v) is 5.23. The molecule has 0 nitrogen and oxygen atoms in total. The lowest BCUT2D eigenvalue weighted by Gasteiger charge is -2.06. The first kappa shape index (κ1) is 11.7. The van der Waals surface area contributed by atoms with Crippen LogP contribution in [0.25, 0.3) is 16.3 Å². The second kappa shape index (κ2) is 4.62. The fourth-order valence-electron chi connectivity index (χ4n) is 1.72. The number of allylic oxidation sites excluding steroid dienone is 2. The van der Waals surface area contributed by atoms with E-state index in [4.69, 9.17) is 0 Å². The maximum absolute atomic E-state index is 13.1. The van der Waals surface area contributed by atoms with Crippen molar-refractivity contribution in [3.63, 3.8) is 0 Å². The van der Waals surface area contributed by atoms with E-state index in [0.717, 1.165) is 10.8 Å². The van der Waals surface area contributed by atoms with Gasteiger partial charge in [0.2, 0.25) is 0 Å². The third-order valence-electron chi connectivity index (χ3n) is 2.73. The number of halogens is 3. The standard InChI is InChI=1S/C14H11F3/c1-9(13(15)14(16)17)11-7-6-10-4-2-3-5-12(10)8-11/h2-8,14H,1H3/b13-9+. The fourth-order valence-corrected chi connectivity index (χ4v) is 1.72. The molecule has 88 valence electrons. The van der Waals surface area contributed by atoms with Crippen molar-refractivity contribution < 1.29 is 13.2 Å². The summed E-state index contributed by atoms with van der Waals surface area (Å²) in [6, 6.07) is 12.7. The van der Waals surface area contributed by atoms with E-state index in [2.05, 4.69) is 0 Å². The Hall–Kier alpha value is -1.77. The van der Waals surface area contributed by atoms with Gasteiger partial charge in [-0.25, -0.2) is 13.2 Å². The Morgan fingerprint density at radius 2 is 1.65 bits per heavy atom. The lowest BCUT2D eigenvalue weighted by Crippen LogP contribution is -1.94. The van der Waals surface area contributed by atoms with E-state index in [9.17, 15) is 13.2 Å². The van der Waals surface area contributed by atoms with Gasteiger partial charge in [0, 0.05) is 0 Å². The van der Waals surface area contributed by atoms with Crippen LogP contribution in [0, 0.1) is 0 Å². The van der Waals surface area contributed by atoms with E-state index >= 15 is 0 Å². The summed E-state index contributed by atoms with van der Waals surface area (Å²) in [7, 11) is 0. The number of benzene rings is 2. The van der Waals surface area contributed by atoms with Gasteiger partial charge >= 0.3 is 0 Å². The van der Waals surface area contributed by atoms with Crippen LogP contribution in [-0.2, 0) is 0 Å². The second-order valence-electron chi connectivity index (χ2n) is 3.84. The van der Waals surface area contributed by atoms with Crippen molar-refractivity contribution in [2.45, 2.75) is 13.3 Å². The minimum atomic E-state index is -3.05. The van der Waals surface area contributed by atoms with Gasteiger partial charge in [-0.2, -0.15) is 0 Å². The van der Waals surface area contributed by atoms with Crippen LogP contribution >= 0.6 is 0 Å². The highest BCUT2D eigenvalue weighted by molar-refractivity contribution is 5.86. The van der Waals surface area contributed by atoms with Crippen LogP contribution in [0.5, 0.6) is 0 Å². The third kappa shape index (κ3) is 2.33. The molecule has 2 aromatic carbocycles. The Kier molecular flexibility index (Phi) is 3.18. The van der Waals surface area contributed by atoms with Crippen molar-refractivity contribution in [2.75, 3.05) is 0 Å². The van der Waals surface area contributed by atoms with Crippen LogP contribution in [-0.4, -0.2) is 6.43 Å². The number of hydrogen-bond acceptors (Lipinski definition) is 0. The van der Waals surface area contributed by atoms with Crippen molar-refractivity contribution >= 4 is 16.3 Å². The lowest BCUT2D eigenvalue weighted by atomic mass is 10.0. The molecule has 0 bridgehead atoms. The number of rotatable bonds is 2. The molecular formula is C14H11F3. The SMILES string of the molecule is C/C(=C(\F)C(F)F)c1ccc2ccccc2c1. The highest BCUT2D eigenvalue weighted by Gasteiger charge is 2.14. The van der Waals surface area contributed by atoms with Crippen LogP contribution in [0.15, 0.2) is 48.3 Å². The van der Waals surface area contributed by atoms with Gasteiger partial charge in [-0.15, -0.1) is 0 Å². The summed E-state index contributed by atoms with van der Waals surface area (Å²) in [6.45, 7) is 1.37. The first-order chi connectivity index (χ1) is 8.09. The van der Waals surface area contributed by atoms with Gasteiger partial charge in [0.1, 0.15) is 0 Å². The average molecular weight is 236 g/mol. The smallest absolute Gasteiger partial charge is 0.205 e. The first-order valence-electron chi connectivity index (χ1n) is 5.23. The number of alkyl halides is 2. The molecule has 0 radical (unpaired) electrons. The summed E-state index contributed by atoms with van der Waals surface area (Å²) in [5.74, 6) is -1.36. The molecule has 0 unspecified atom stereocenters. The molecule has 0 heterocycles. The Bertz CT molecular complexity index is 570. The summed E-state index contributed by atoms with van der Waals surface area (Å²) in [5.41, 5.74) is 0.479. The van der Waals surface area contributed by atoms with Crippen LogP contribution in [0.1, 0.15) is 12.5 Å². The topological polar surface area (TPSA) is 0 Å². The minimum absolute atomic E-state index is 0.00856. The van der Waals surface area contributed by atoms with Gasteiger partial charge in [0.25, 0.3) is 6.43 Å². The van der Waals surface area contributed by atoms with Crippen molar-refractivity contribution in [3.05, 3.63) is 53.9 Å². The molecule has 0 atom stereocenters. The van der Waals surface area contributed by atoms with Crippen LogP contribution < -0.4 is 0 Å². The molecule has 0 fully saturated rings. The molecule has 0 N–H and O–H groups in total. The predicted molar refractivity (Wildman–Crippen MR) is 63.7 cm³/mol. The third-order valence-corrected chi connectivity index (χ3v) is 2.73. The molecule has 0 aliphatic heterocycles. The summed E-state index contributed by atoms with van der Waals surface area (Å²) in [4.78, 5) is 0. The summed E-state index contributed by atoms with van der Waals surface area (Å²) in [5, 5.41) is 1.91. The van der Waals surface area contributed by atoms with Crippen molar-refractivity contribution in [1.82, 2.24) is 0 Å². The molecule has 17 heavy (non-hydrogen) atoms. The highest BCUT2D eigenvalue weighted by atomic mass is 19.3. The van der Waals surface area contributed by atoms with E-state index in [1.165, 1.54) is 6.92 Å². The molecule has 3 heteroatoms. The van der Waals surface area contributed by atoms with Gasteiger partial charge in [0.15, 0.2) is 5.83 Å². The second-order valence-corrected chi connectivity index (χ2v) is 3.84. The van der Waals surface area contributed by atoms with Gasteiger partial charge in [-0.1, -0.05) is 36.4 Å². The van der Waals surface area contributed by atoms with E-state index in [1.54, 1.807) is 18.2 Å². The summed E-state index contributed by atoms with van der Waals surface area (Å²) >= 11 is 0. The van der Waals surface area contributed by atoms with E-state index < -0.39 is 12.3 Å². The Balaban J connectivity index is 2.54. The lowest BCUT2D eigenvalue weighted by molar-refractivity contribution is 0.160. The quantitative estimate of drug-likeness (QED) is 0.702. The normalized spacial score (nSPS) is 13.0. The van der Waals surface area contributed by atoms with Crippen LogP contribution in [0.3, 0.4) is 0 Å². The zero-order chi connectivity index (χ0) is 12.4. The molecule has 2 aromatic rings. The average Bonchev–Trinajstić information content (AvgIpc) is 2.36. The van der Waals surface area contributed by atoms with Crippen molar-refractivity contribution in [3.8, 4) is 0 Å². The predicted octanol–water partition coefficient (Wildman–Crippen LogP) is 4.81. The molecule has 0 aliphatic rings. The molecular weight excluding hydrogens is 225 g/mol. The largest absolute Gasteiger partial charge is 0.289 e. The Morgan fingerprint density at radius 3 is 2.29 bits per heavy atom. The van der Waals surface area contributed by atoms with E-state index in [0.29, 0.717) is 5.56 Å². The zero-order valence-electron chi connectivity index (χ0n) is 9.25. The summed E-state index contributed by atoms with van der Waals surface area (Å²) < 4.78 is 37.6. The Labute approximate surface area is 97.4 Å². The van der Waals surface area contributed by atoms with Gasteiger partial charge in [0.05, 0.1) is 0 Å². The van der Waals surface area contributed by atoms with Crippen LogP contribution in [0.4, 0.5) is 13.2 Å². The molecule has 0 amide bonds. The number of hydrogen-bond donors (Lipinski definition) is 0. The maximum Gasteiger partial charge on any atom is 0.289 e. The Morgan fingerprint density at radius 1 is 1.00 bits per heavy atom. The highest BCUT2D eigenvalue weighted by Crippen LogP contribution is 2.26. The van der Waals surface area contributed by atoms with Gasteiger partial charge < -0.3 is 0 Å². The molecule has 0 saturated heterocycles. The van der Waals surface area contributed by atoms with Gasteiger partial charge in [-0.3, -0.25) is 0 Å². The molecule has 0 spiro atoms. The monoisotopic (exact) mass is 236 g/mol. The van der Waals surface area contributed by atoms with E-state index in [-0.39, 0.29) is 5.57 Å². The molecule has 0 saturated carbocycles. The summed E-state index contributed by atoms with van der Waals surface area (Å²) in [6.07, 6.45) is -3.05. The van der Waals surface area contributed by atoms with E-state index in [1.807, 2.05) is 24.3 Å². The van der Waals surface area contributed by atoms with Crippen LogP contribution in [0.2, 0.25) is 0 Å². The zero-order valence-corrected chi connectivity index (χ0v) is 9.25. The fraction of sp³-hybridized carbons (Fsp3) is 0.143. The van der Waals surface area contributed by atoms with Crippen molar-refractivity contribution in [2.24, 2.45) is 0 Å². The number of fused-ring (bicyclic) bond motifs is 1. The molecule has 0 aromatic heterocycles.